The van der Waals surface area contributed by atoms with E-state index in [9.17, 15) is 4.79 Å². The molecule has 0 atom stereocenters. The highest BCUT2D eigenvalue weighted by Gasteiger charge is 2.06. The first-order valence-electron chi connectivity index (χ1n) is 7.21. The molecule has 0 fully saturated rings. The third kappa shape index (κ3) is 11.0. The molecule has 0 aromatic carbocycles. The van der Waals surface area contributed by atoms with Crippen molar-refractivity contribution < 1.29 is 9.53 Å². The molecule has 0 aliphatic rings. The van der Waals surface area contributed by atoms with Crippen molar-refractivity contribution in [2.45, 2.75) is 53.4 Å². The summed E-state index contributed by atoms with van der Waals surface area (Å²) in [6, 6.07) is 0. The zero-order chi connectivity index (χ0) is 13.8. The van der Waals surface area contributed by atoms with Crippen LogP contribution in [-0.2, 0) is 9.53 Å². The van der Waals surface area contributed by atoms with Gasteiger partial charge in [-0.3, -0.25) is 0 Å². The summed E-state index contributed by atoms with van der Waals surface area (Å²) in [5.74, 6) is -0.168. The molecule has 0 amide bonds. The molecule has 19 heavy (non-hydrogen) atoms. The maximum atomic E-state index is 11.7. The van der Waals surface area contributed by atoms with Crippen molar-refractivity contribution in [1.82, 2.24) is 4.90 Å². The van der Waals surface area contributed by atoms with Gasteiger partial charge in [-0.2, -0.15) is 0 Å². The van der Waals surface area contributed by atoms with Crippen LogP contribution in [0.25, 0.3) is 0 Å². The summed E-state index contributed by atoms with van der Waals surface area (Å²) in [5.41, 5.74) is 0.741. The minimum Gasteiger partial charge on any atom is -0.461 e. The van der Waals surface area contributed by atoms with E-state index in [1.54, 1.807) is 0 Å². The van der Waals surface area contributed by atoms with E-state index in [-0.39, 0.29) is 18.4 Å². The van der Waals surface area contributed by atoms with Crippen LogP contribution in [0.5, 0.6) is 0 Å². The number of esters is 1. The lowest BCUT2D eigenvalue weighted by atomic mass is 10.1. The lowest BCUT2D eigenvalue weighted by Crippen LogP contribution is -2.28. The van der Waals surface area contributed by atoms with Crippen LogP contribution in [-0.4, -0.2) is 37.1 Å². The molecule has 0 spiro atoms. The summed E-state index contributed by atoms with van der Waals surface area (Å²) >= 11 is 0. The summed E-state index contributed by atoms with van der Waals surface area (Å²) in [6.45, 7) is 11.6. The molecule has 114 valence electrons. The van der Waals surface area contributed by atoms with E-state index in [1.165, 1.54) is 12.8 Å². The van der Waals surface area contributed by atoms with Crippen LogP contribution in [0.1, 0.15) is 53.4 Å². The van der Waals surface area contributed by atoms with Crippen LogP contribution in [0.15, 0.2) is 11.6 Å². The molecular weight excluding hydrogens is 262 g/mol. The molecule has 0 rings (SSSR count). The molecule has 0 N–H and O–H groups in total. The number of carbonyl (C=O) groups is 1. The van der Waals surface area contributed by atoms with E-state index in [2.05, 4.69) is 25.7 Å². The fraction of sp³-hybridized carbons (Fsp3) is 0.800. The highest BCUT2D eigenvalue weighted by atomic mass is 35.5. The van der Waals surface area contributed by atoms with Crippen LogP contribution >= 0.6 is 12.4 Å². The van der Waals surface area contributed by atoms with Gasteiger partial charge in [0, 0.05) is 12.1 Å². The minimum absolute atomic E-state index is 0. The van der Waals surface area contributed by atoms with Crippen molar-refractivity contribution in [3.63, 3.8) is 0 Å². The smallest absolute Gasteiger partial charge is 0.333 e. The summed E-state index contributed by atoms with van der Waals surface area (Å²) in [6.07, 6.45) is 6.56. The fourth-order valence-electron chi connectivity index (χ4n) is 1.72. The Morgan fingerprint density at radius 3 is 2.32 bits per heavy atom. The number of likely N-dealkylation sites (N-methyl/N-ethyl adjacent to an activating group) is 1. The minimum atomic E-state index is -0.168. The third-order valence-electron chi connectivity index (χ3n) is 3.12. The molecule has 0 saturated carbocycles. The van der Waals surface area contributed by atoms with Crippen molar-refractivity contribution in [2.75, 3.05) is 26.2 Å². The highest BCUT2D eigenvalue weighted by Crippen LogP contribution is 2.04. The number of nitrogens with zero attached hydrogens (tertiary/aromatic N) is 1. The van der Waals surface area contributed by atoms with Gasteiger partial charge >= 0.3 is 5.97 Å². The monoisotopic (exact) mass is 291 g/mol. The first-order chi connectivity index (χ1) is 8.65. The van der Waals surface area contributed by atoms with Crippen LogP contribution in [0, 0.1) is 0 Å². The SMILES string of the molecule is CCCCCC=C(C)C(=O)OCCN(CC)CC.Cl. The maximum Gasteiger partial charge on any atom is 0.333 e. The Hall–Kier alpha value is -0.540. The summed E-state index contributed by atoms with van der Waals surface area (Å²) in [4.78, 5) is 13.9. The van der Waals surface area contributed by atoms with Gasteiger partial charge in [0.1, 0.15) is 6.61 Å². The predicted molar refractivity (Wildman–Crippen MR) is 83.9 cm³/mol. The number of hydrogen-bond donors (Lipinski definition) is 0. The zero-order valence-corrected chi connectivity index (χ0v) is 13.7. The maximum absolute atomic E-state index is 11.7. The summed E-state index contributed by atoms with van der Waals surface area (Å²) in [5, 5.41) is 0. The molecule has 0 aliphatic heterocycles. The third-order valence-corrected chi connectivity index (χ3v) is 3.12. The van der Waals surface area contributed by atoms with Gasteiger partial charge in [0.15, 0.2) is 0 Å². The average Bonchev–Trinajstić information content (AvgIpc) is 2.39. The molecule has 0 bridgehead atoms. The standard InChI is InChI=1S/C15H29NO2.ClH/c1-5-8-9-10-11-14(4)15(17)18-13-12-16(6-2)7-3;/h11H,5-10,12-13H2,1-4H3;1H. The number of halogens is 1. The lowest BCUT2D eigenvalue weighted by molar-refractivity contribution is -0.139. The van der Waals surface area contributed by atoms with Crippen molar-refractivity contribution in [3.05, 3.63) is 11.6 Å². The Labute approximate surface area is 124 Å². The van der Waals surface area contributed by atoms with Crippen LogP contribution in [0.2, 0.25) is 0 Å². The first-order valence-corrected chi connectivity index (χ1v) is 7.21. The topological polar surface area (TPSA) is 29.5 Å². The van der Waals surface area contributed by atoms with E-state index in [1.807, 2.05) is 13.0 Å². The lowest BCUT2D eigenvalue weighted by Gasteiger charge is -2.17. The van der Waals surface area contributed by atoms with Crippen molar-refractivity contribution in [3.8, 4) is 0 Å². The van der Waals surface area contributed by atoms with Crippen LogP contribution in [0.4, 0.5) is 0 Å². The van der Waals surface area contributed by atoms with Crippen LogP contribution in [0.3, 0.4) is 0 Å². The normalized spacial score (nSPS) is 11.3. The van der Waals surface area contributed by atoms with E-state index in [0.717, 1.165) is 38.0 Å². The fourth-order valence-corrected chi connectivity index (χ4v) is 1.72. The predicted octanol–water partition coefficient (Wildman–Crippen LogP) is 3.82. The molecular formula is C15H30ClNO2. The first kappa shape index (κ1) is 20.8. The summed E-state index contributed by atoms with van der Waals surface area (Å²) < 4.78 is 5.25. The number of allylic oxidation sites excluding steroid dienone is 1. The van der Waals surface area contributed by atoms with Crippen molar-refractivity contribution in [1.29, 1.82) is 0 Å². The molecule has 4 heteroatoms. The quantitative estimate of drug-likeness (QED) is 0.348. The number of ether oxygens (including phenoxy) is 1. The second-order valence-corrected chi connectivity index (χ2v) is 4.55. The largest absolute Gasteiger partial charge is 0.461 e. The zero-order valence-electron chi connectivity index (χ0n) is 12.9. The van der Waals surface area contributed by atoms with Gasteiger partial charge in [-0.25, -0.2) is 4.79 Å². The van der Waals surface area contributed by atoms with E-state index in [0.29, 0.717) is 6.61 Å². The molecule has 0 radical (unpaired) electrons. The Morgan fingerprint density at radius 1 is 1.16 bits per heavy atom. The van der Waals surface area contributed by atoms with E-state index in [4.69, 9.17) is 4.74 Å². The van der Waals surface area contributed by atoms with Gasteiger partial charge in [-0.15, -0.1) is 12.4 Å². The molecule has 0 heterocycles. The second-order valence-electron chi connectivity index (χ2n) is 4.55. The van der Waals surface area contributed by atoms with Gasteiger partial charge in [0.25, 0.3) is 0 Å². The number of rotatable bonds is 10. The second kappa shape index (κ2) is 13.9. The number of carbonyl (C=O) groups excluding carboxylic acids is 1. The molecule has 0 unspecified atom stereocenters. The Morgan fingerprint density at radius 2 is 1.79 bits per heavy atom. The van der Waals surface area contributed by atoms with Crippen molar-refractivity contribution >= 4 is 18.4 Å². The number of unbranched alkanes of at least 4 members (excludes halogenated alkanes) is 3. The van der Waals surface area contributed by atoms with Crippen molar-refractivity contribution in [2.24, 2.45) is 0 Å². The van der Waals surface area contributed by atoms with Gasteiger partial charge < -0.3 is 9.64 Å². The Balaban J connectivity index is 0. The Kier molecular flexibility index (Phi) is 15.2. The molecule has 0 saturated heterocycles. The van der Waals surface area contributed by atoms with E-state index >= 15 is 0 Å². The highest BCUT2D eigenvalue weighted by molar-refractivity contribution is 5.87. The van der Waals surface area contributed by atoms with Gasteiger partial charge in [-0.05, 0) is 32.9 Å². The van der Waals surface area contributed by atoms with Gasteiger partial charge in [0.2, 0.25) is 0 Å². The van der Waals surface area contributed by atoms with Gasteiger partial charge in [-0.1, -0.05) is 39.7 Å². The van der Waals surface area contributed by atoms with Gasteiger partial charge in [0.05, 0.1) is 0 Å². The van der Waals surface area contributed by atoms with Crippen LogP contribution < -0.4 is 0 Å². The molecule has 0 aromatic heterocycles. The molecule has 0 aromatic rings. The summed E-state index contributed by atoms with van der Waals surface area (Å²) in [7, 11) is 0. The average molecular weight is 292 g/mol. The number of hydrogen-bond acceptors (Lipinski definition) is 3. The Bertz CT molecular complexity index is 251. The molecule has 0 aliphatic carbocycles. The molecule has 3 nitrogen and oxygen atoms in total. The van der Waals surface area contributed by atoms with E-state index < -0.39 is 0 Å².